The first-order valence-electron chi connectivity index (χ1n) is 2.92. The van der Waals surface area contributed by atoms with Gasteiger partial charge in [0.25, 0.3) is 0 Å². The van der Waals surface area contributed by atoms with Crippen molar-refractivity contribution in [1.82, 2.24) is 0 Å². The maximum atomic E-state index is 2.41. The second-order valence-electron chi connectivity index (χ2n) is 3.52. The number of fused-ring (bicyclic) bond motifs is 1. The normalized spacial score (nSPS) is 56.6. The van der Waals surface area contributed by atoms with Crippen LogP contribution in [0.3, 0.4) is 0 Å². The van der Waals surface area contributed by atoms with Crippen LogP contribution in [-0.2, 0) is 0 Å². The first kappa shape index (κ1) is 6.03. The Kier molecular flexibility index (Phi) is 0.993. The predicted molar refractivity (Wildman–Crippen MR) is 45.7 cm³/mol. The van der Waals surface area contributed by atoms with Crippen LogP contribution >= 0.6 is 23.8 Å². The van der Waals surface area contributed by atoms with Crippen molar-refractivity contribution in [1.29, 1.82) is 0 Å². The van der Waals surface area contributed by atoms with Gasteiger partial charge in [-0.1, -0.05) is 37.3 Å². The van der Waals surface area contributed by atoms with Gasteiger partial charge in [0.2, 0.25) is 0 Å². The lowest BCUT2D eigenvalue weighted by Crippen LogP contribution is -2.14. The molecule has 46 valence electrons. The number of hydrogen-bond donors (Lipinski definition) is 0. The molecule has 0 saturated carbocycles. The van der Waals surface area contributed by atoms with Crippen molar-refractivity contribution in [3.63, 3.8) is 0 Å². The Labute approximate surface area is 55.3 Å². The predicted octanol–water partition coefficient (Wildman–Crippen LogP) is 3.38. The Balaban J connectivity index is 2.17. The van der Waals surface area contributed by atoms with Crippen molar-refractivity contribution in [3.05, 3.63) is 0 Å². The summed E-state index contributed by atoms with van der Waals surface area (Å²) in [7, 11) is 3.49. The first-order chi connectivity index (χ1) is 3.56. The molecule has 0 nitrogen and oxygen atoms in total. The minimum atomic E-state index is 0.676. The van der Waals surface area contributed by atoms with Crippen LogP contribution in [0.15, 0.2) is 0 Å². The van der Waals surface area contributed by atoms with Crippen LogP contribution in [-0.4, -0.2) is 4.64 Å². The molecule has 0 radical (unpaired) electrons. The molecule has 0 aromatic heterocycles. The summed E-state index contributed by atoms with van der Waals surface area (Å²) in [4.78, 5) is 0. The fourth-order valence-electron chi connectivity index (χ4n) is 0.944. The molecule has 2 atom stereocenters. The van der Waals surface area contributed by atoms with E-state index < -0.39 is 0 Å². The molecule has 2 fully saturated rings. The van der Waals surface area contributed by atoms with E-state index in [0.29, 0.717) is 12.7 Å². The van der Waals surface area contributed by atoms with Gasteiger partial charge >= 0.3 is 0 Å². The molecule has 0 bridgehead atoms. The highest BCUT2D eigenvalue weighted by Gasteiger charge is 2.75. The van der Waals surface area contributed by atoms with E-state index in [1.54, 1.807) is 0 Å². The molecule has 8 heavy (non-hydrogen) atoms. The van der Waals surface area contributed by atoms with Gasteiger partial charge in [0.05, 0.1) is 0 Å². The zero-order valence-corrected chi connectivity index (χ0v) is 8.34. The van der Waals surface area contributed by atoms with Crippen molar-refractivity contribution < 1.29 is 0 Å². The van der Waals surface area contributed by atoms with Crippen molar-refractivity contribution in [2.75, 3.05) is 0 Å². The van der Waals surface area contributed by atoms with Crippen LogP contribution in [0, 0.1) is 5.41 Å². The average molecular weight is 164 g/mol. The summed E-state index contributed by atoms with van der Waals surface area (Å²) >= 11 is 0. The van der Waals surface area contributed by atoms with E-state index in [-0.39, 0.29) is 0 Å². The molecule has 0 aromatic rings. The van der Waals surface area contributed by atoms with Crippen LogP contribution < -0.4 is 0 Å². The van der Waals surface area contributed by atoms with E-state index in [0.717, 1.165) is 4.64 Å². The van der Waals surface area contributed by atoms with E-state index in [2.05, 4.69) is 20.8 Å². The molecular formula is C5H11P3. The summed E-state index contributed by atoms with van der Waals surface area (Å²) in [6.45, 7) is 7.22. The lowest BCUT2D eigenvalue weighted by Gasteiger charge is -2.19. The lowest BCUT2D eigenvalue weighted by molar-refractivity contribution is 0.448. The van der Waals surface area contributed by atoms with E-state index in [1.807, 2.05) is 0 Å². The third-order valence-corrected chi connectivity index (χ3v) is 16.3. The number of hydrogen-bond acceptors (Lipinski definition) is 0. The smallest absolute Gasteiger partial charge is 0.0453 e. The van der Waals surface area contributed by atoms with Crippen LogP contribution in [0.2, 0.25) is 0 Å². The van der Waals surface area contributed by atoms with Gasteiger partial charge in [-0.05, 0) is 12.7 Å². The Morgan fingerprint density at radius 1 is 1.25 bits per heavy atom. The molecule has 2 aliphatic rings. The molecular weight excluding hydrogens is 153 g/mol. The Hall–Kier alpha value is 1.29. The van der Waals surface area contributed by atoms with Crippen molar-refractivity contribution >= 4 is 23.8 Å². The zero-order chi connectivity index (χ0) is 5.99. The van der Waals surface area contributed by atoms with Gasteiger partial charge in [-0.15, -0.1) is 0 Å². The van der Waals surface area contributed by atoms with Gasteiger partial charge in [-0.2, -0.15) is 0 Å². The third kappa shape index (κ3) is 0.581. The van der Waals surface area contributed by atoms with Crippen molar-refractivity contribution in [2.45, 2.75) is 25.4 Å². The van der Waals surface area contributed by atoms with E-state index >= 15 is 0 Å². The summed E-state index contributed by atoms with van der Waals surface area (Å²) in [5.74, 6) is 0. The molecule has 2 heterocycles. The second-order valence-corrected chi connectivity index (χ2v) is 13.5. The Bertz CT molecular complexity index is 129. The van der Waals surface area contributed by atoms with Crippen LogP contribution in [0.4, 0.5) is 0 Å². The standard InChI is InChI=1S/C5H11P3/c1-4(2,3)5-6-8(5)7-5/h6-7H,1-3H3. The summed E-state index contributed by atoms with van der Waals surface area (Å²) in [6, 6.07) is 0. The zero-order valence-electron chi connectivity index (χ0n) is 5.45. The summed E-state index contributed by atoms with van der Waals surface area (Å²) in [5.41, 5.74) is 0.676. The van der Waals surface area contributed by atoms with E-state index in [1.165, 1.54) is 16.5 Å². The highest BCUT2D eigenvalue weighted by molar-refractivity contribution is 8.83. The largest absolute Gasteiger partial charge is 0.0738 e. The molecule has 0 amide bonds. The Morgan fingerprint density at radius 2 is 1.62 bits per heavy atom. The highest BCUT2D eigenvalue weighted by atomic mass is 32.5. The fourth-order valence-corrected chi connectivity index (χ4v) is 15.1. The van der Waals surface area contributed by atoms with Crippen molar-refractivity contribution in [3.8, 4) is 0 Å². The van der Waals surface area contributed by atoms with E-state index in [4.69, 9.17) is 0 Å². The molecule has 0 spiro atoms. The maximum absolute atomic E-state index is 2.41. The van der Waals surface area contributed by atoms with Gasteiger partial charge in [0, 0.05) is 4.64 Å². The summed E-state index contributed by atoms with van der Waals surface area (Å²) in [5, 5.41) is 0. The minimum Gasteiger partial charge on any atom is -0.0738 e. The molecule has 0 aliphatic carbocycles. The van der Waals surface area contributed by atoms with Crippen molar-refractivity contribution in [2.24, 2.45) is 5.41 Å². The molecule has 0 aromatic carbocycles. The fraction of sp³-hybridized carbons (Fsp3) is 1.00. The van der Waals surface area contributed by atoms with E-state index in [9.17, 15) is 0 Å². The summed E-state index contributed by atoms with van der Waals surface area (Å²) < 4.78 is 0.975. The molecule has 3 heteroatoms. The highest BCUT2D eigenvalue weighted by Crippen LogP contribution is 3.25. The van der Waals surface area contributed by atoms with Gasteiger partial charge in [-0.3, -0.25) is 0 Å². The average Bonchev–Trinajstić information content (AvgIpc) is 1.96. The minimum absolute atomic E-state index is 0.676. The molecule has 2 aliphatic heterocycles. The van der Waals surface area contributed by atoms with Crippen LogP contribution in [0.25, 0.3) is 0 Å². The van der Waals surface area contributed by atoms with Crippen LogP contribution in [0.5, 0.6) is 0 Å². The summed E-state index contributed by atoms with van der Waals surface area (Å²) in [6.07, 6.45) is 0. The maximum Gasteiger partial charge on any atom is 0.0453 e. The first-order valence-corrected chi connectivity index (χ1v) is 7.95. The number of rotatable bonds is 0. The third-order valence-electron chi connectivity index (χ3n) is 1.87. The van der Waals surface area contributed by atoms with Gasteiger partial charge in [0.1, 0.15) is 0 Å². The second kappa shape index (κ2) is 1.32. The molecule has 2 saturated heterocycles. The van der Waals surface area contributed by atoms with Gasteiger partial charge in [0.15, 0.2) is 0 Å². The van der Waals surface area contributed by atoms with Crippen LogP contribution in [0.1, 0.15) is 20.8 Å². The SMILES string of the molecule is CC(C)(C)C12PP1P2. The molecule has 0 N–H and O–H groups in total. The topological polar surface area (TPSA) is 0 Å². The Morgan fingerprint density at radius 3 is 1.62 bits per heavy atom. The monoisotopic (exact) mass is 164 g/mol. The lowest BCUT2D eigenvalue weighted by atomic mass is 9.99. The molecule has 2 rings (SSSR count). The molecule has 2 unspecified atom stereocenters. The quantitative estimate of drug-likeness (QED) is 0.481. The van der Waals surface area contributed by atoms with Gasteiger partial charge in [-0.25, -0.2) is 0 Å². The van der Waals surface area contributed by atoms with Gasteiger partial charge < -0.3 is 0 Å².